The Kier molecular flexibility index (Phi) is 4.69. The van der Waals surface area contributed by atoms with Gasteiger partial charge in [0.15, 0.2) is 5.13 Å². The van der Waals surface area contributed by atoms with Gasteiger partial charge in [0.1, 0.15) is 0 Å². The van der Waals surface area contributed by atoms with E-state index >= 15 is 0 Å². The second-order valence-electron chi connectivity index (χ2n) is 6.49. The maximum atomic E-state index is 13.4. The number of pyridine rings is 1. The molecule has 0 unspecified atom stereocenters. The maximum Gasteiger partial charge on any atom is 0.260 e. The van der Waals surface area contributed by atoms with Crippen LogP contribution in [0.2, 0.25) is 0 Å². The summed E-state index contributed by atoms with van der Waals surface area (Å²) >= 11 is 1.54. The van der Waals surface area contributed by atoms with E-state index in [4.69, 9.17) is 4.98 Å². The van der Waals surface area contributed by atoms with Crippen molar-refractivity contribution in [2.75, 3.05) is 4.90 Å². The summed E-state index contributed by atoms with van der Waals surface area (Å²) in [7, 11) is 0. The normalized spacial score (nSPS) is 10.9. The Morgan fingerprint density at radius 3 is 2.56 bits per heavy atom. The van der Waals surface area contributed by atoms with Gasteiger partial charge in [0.05, 0.1) is 16.8 Å². The third-order valence-electron chi connectivity index (χ3n) is 4.52. The molecule has 2 aromatic carbocycles. The fourth-order valence-electron chi connectivity index (χ4n) is 3.05. The van der Waals surface area contributed by atoms with E-state index < -0.39 is 0 Å². The average molecular weight is 373 g/mol. The molecule has 27 heavy (non-hydrogen) atoms. The van der Waals surface area contributed by atoms with Crippen LogP contribution in [0, 0.1) is 13.8 Å². The number of hydrogen-bond donors (Lipinski definition) is 0. The van der Waals surface area contributed by atoms with Crippen LogP contribution >= 0.6 is 11.3 Å². The number of rotatable bonds is 4. The standard InChI is InChI=1S/C22H19N3OS/c1-15-7-3-4-10-18(15)21(26)25(14-17-9-6-12-23-13-17)22-24-20-16(2)8-5-11-19(20)27-22/h3-13H,14H2,1-2H3. The molecule has 0 aliphatic rings. The summed E-state index contributed by atoms with van der Waals surface area (Å²) in [4.78, 5) is 24.1. The molecule has 4 aromatic rings. The van der Waals surface area contributed by atoms with Gasteiger partial charge >= 0.3 is 0 Å². The second kappa shape index (κ2) is 7.29. The first kappa shape index (κ1) is 17.4. The van der Waals surface area contributed by atoms with Crippen LogP contribution in [0.15, 0.2) is 67.0 Å². The highest BCUT2D eigenvalue weighted by molar-refractivity contribution is 7.22. The zero-order chi connectivity index (χ0) is 18.8. The number of aromatic nitrogens is 2. The molecule has 0 radical (unpaired) electrons. The summed E-state index contributed by atoms with van der Waals surface area (Å²) in [6, 6.07) is 17.6. The Morgan fingerprint density at radius 1 is 1.00 bits per heavy atom. The quantitative estimate of drug-likeness (QED) is 0.497. The van der Waals surface area contributed by atoms with E-state index in [0.29, 0.717) is 17.2 Å². The van der Waals surface area contributed by atoms with Gasteiger partial charge in [-0.1, -0.05) is 47.7 Å². The average Bonchev–Trinajstić information content (AvgIpc) is 3.12. The highest BCUT2D eigenvalue weighted by Crippen LogP contribution is 2.32. The molecule has 4 rings (SSSR count). The Morgan fingerprint density at radius 2 is 1.81 bits per heavy atom. The van der Waals surface area contributed by atoms with Crippen molar-refractivity contribution in [3.05, 3.63) is 89.2 Å². The highest BCUT2D eigenvalue weighted by atomic mass is 32.1. The van der Waals surface area contributed by atoms with Crippen molar-refractivity contribution in [1.29, 1.82) is 0 Å². The van der Waals surface area contributed by atoms with Gasteiger partial charge in [-0.25, -0.2) is 4.98 Å². The van der Waals surface area contributed by atoms with E-state index in [-0.39, 0.29) is 5.91 Å². The van der Waals surface area contributed by atoms with Gasteiger partial charge in [-0.05, 0) is 48.7 Å². The van der Waals surface area contributed by atoms with Crippen molar-refractivity contribution in [2.24, 2.45) is 0 Å². The Labute approximate surface area is 162 Å². The molecular formula is C22H19N3OS. The maximum absolute atomic E-state index is 13.4. The molecule has 1 amide bonds. The predicted molar refractivity (Wildman–Crippen MR) is 110 cm³/mol. The molecule has 0 aliphatic heterocycles. The van der Waals surface area contributed by atoms with E-state index in [2.05, 4.69) is 4.98 Å². The molecule has 0 saturated carbocycles. The molecule has 0 fully saturated rings. The van der Waals surface area contributed by atoms with E-state index in [0.717, 1.165) is 26.9 Å². The molecule has 0 spiro atoms. The number of thiazole rings is 1. The van der Waals surface area contributed by atoms with Gasteiger partial charge in [-0.2, -0.15) is 0 Å². The molecular weight excluding hydrogens is 354 g/mol. The van der Waals surface area contributed by atoms with Crippen molar-refractivity contribution in [3.63, 3.8) is 0 Å². The number of carbonyl (C=O) groups is 1. The first-order valence-corrected chi connectivity index (χ1v) is 9.57. The minimum absolute atomic E-state index is 0.0475. The lowest BCUT2D eigenvalue weighted by Gasteiger charge is -2.21. The molecule has 5 heteroatoms. The Hall–Kier alpha value is -3.05. The molecule has 4 nitrogen and oxygen atoms in total. The van der Waals surface area contributed by atoms with Crippen LogP contribution in [0.5, 0.6) is 0 Å². The molecule has 2 aromatic heterocycles. The highest BCUT2D eigenvalue weighted by Gasteiger charge is 2.23. The molecule has 2 heterocycles. The number of para-hydroxylation sites is 1. The first-order chi connectivity index (χ1) is 13.1. The van der Waals surface area contributed by atoms with Crippen LogP contribution in [0.1, 0.15) is 27.0 Å². The van der Waals surface area contributed by atoms with E-state index in [9.17, 15) is 4.79 Å². The lowest BCUT2D eigenvalue weighted by Crippen LogP contribution is -2.31. The van der Waals surface area contributed by atoms with Crippen molar-refractivity contribution >= 4 is 32.6 Å². The summed E-state index contributed by atoms with van der Waals surface area (Å²) in [5.74, 6) is -0.0475. The van der Waals surface area contributed by atoms with Crippen LogP contribution in [0.25, 0.3) is 10.2 Å². The zero-order valence-electron chi connectivity index (χ0n) is 15.2. The predicted octanol–water partition coefficient (Wildman–Crippen LogP) is 5.16. The fraction of sp³-hybridized carbons (Fsp3) is 0.136. The van der Waals surface area contributed by atoms with Crippen molar-refractivity contribution in [1.82, 2.24) is 9.97 Å². The summed E-state index contributed by atoms with van der Waals surface area (Å²) < 4.78 is 1.08. The minimum Gasteiger partial charge on any atom is -0.279 e. The van der Waals surface area contributed by atoms with Gasteiger partial charge in [0.2, 0.25) is 0 Å². The number of nitrogens with zero attached hydrogens (tertiary/aromatic N) is 3. The minimum atomic E-state index is -0.0475. The van der Waals surface area contributed by atoms with Crippen molar-refractivity contribution < 1.29 is 4.79 Å². The largest absolute Gasteiger partial charge is 0.279 e. The fourth-order valence-corrected chi connectivity index (χ4v) is 4.09. The number of fused-ring (bicyclic) bond motifs is 1. The monoisotopic (exact) mass is 373 g/mol. The molecule has 0 atom stereocenters. The van der Waals surface area contributed by atoms with Gasteiger partial charge in [-0.15, -0.1) is 0 Å². The zero-order valence-corrected chi connectivity index (χ0v) is 16.0. The lowest BCUT2D eigenvalue weighted by atomic mass is 10.1. The van der Waals surface area contributed by atoms with Crippen molar-refractivity contribution in [3.8, 4) is 0 Å². The number of carbonyl (C=O) groups excluding carboxylic acids is 1. The lowest BCUT2D eigenvalue weighted by molar-refractivity contribution is 0.0984. The van der Waals surface area contributed by atoms with Crippen LogP contribution in [0.4, 0.5) is 5.13 Å². The summed E-state index contributed by atoms with van der Waals surface area (Å²) in [5, 5.41) is 0.705. The van der Waals surface area contributed by atoms with Crippen molar-refractivity contribution in [2.45, 2.75) is 20.4 Å². The van der Waals surface area contributed by atoms with Gasteiger partial charge in [-0.3, -0.25) is 14.7 Å². The molecule has 0 saturated heterocycles. The van der Waals surface area contributed by atoms with Gasteiger partial charge in [0, 0.05) is 18.0 Å². The number of hydrogen-bond acceptors (Lipinski definition) is 4. The third kappa shape index (κ3) is 3.46. The second-order valence-corrected chi connectivity index (χ2v) is 7.49. The van der Waals surface area contributed by atoms with Crippen LogP contribution in [0.3, 0.4) is 0 Å². The van der Waals surface area contributed by atoms with Crippen LogP contribution in [-0.2, 0) is 6.54 Å². The topological polar surface area (TPSA) is 46.1 Å². The molecule has 0 aliphatic carbocycles. The van der Waals surface area contributed by atoms with Crippen LogP contribution < -0.4 is 4.90 Å². The molecule has 0 bridgehead atoms. The summed E-state index contributed by atoms with van der Waals surface area (Å²) in [5.41, 5.74) is 4.68. The summed E-state index contributed by atoms with van der Waals surface area (Å²) in [6.45, 7) is 4.43. The summed E-state index contributed by atoms with van der Waals surface area (Å²) in [6.07, 6.45) is 3.52. The number of aryl methyl sites for hydroxylation is 2. The SMILES string of the molecule is Cc1ccccc1C(=O)N(Cc1cccnc1)c1nc2c(C)cccc2s1. The third-order valence-corrected chi connectivity index (χ3v) is 5.57. The number of benzene rings is 2. The smallest absolute Gasteiger partial charge is 0.260 e. The Balaban J connectivity index is 1.81. The number of anilines is 1. The van der Waals surface area contributed by atoms with Gasteiger partial charge < -0.3 is 0 Å². The van der Waals surface area contributed by atoms with E-state index in [1.54, 1.807) is 28.6 Å². The molecule has 134 valence electrons. The van der Waals surface area contributed by atoms with E-state index in [1.165, 1.54) is 0 Å². The molecule has 0 N–H and O–H groups in total. The Bertz CT molecular complexity index is 1100. The first-order valence-electron chi connectivity index (χ1n) is 8.76. The number of amides is 1. The van der Waals surface area contributed by atoms with Crippen LogP contribution in [-0.4, -0.2) is 15.9 Å². The van der Waals surface area contributed by atoms with Gasteiger partial charge in [0.25, 0.3) is 5.91 Å². The van der Waals surface area contributed by atoms with E-state index in [1.807, 2.05) is 68.4 Å².